The molecule has 0 unspecified atom stereocenters. The highest BCUT2D eigenvalue weighted by Gasteiger charge is 2.67. The maximum absolute atomic E-state index is 12.9. The van der Waals surface area contributed by atoms with E-state index in [0.717, 1.165) is 6.42 Å². The zero-order valence-electron chi connectivity index (χ0n) is 12.3. The van der Waals surface area contributed by atoms with Crippen molar-refractivity contribution >= 4 is 23.5 Å². The van der Waals surface area contributed by atoms with Crippen LogP contribution in [0.4, 0.5) is 5.69 Å². The number of allylic oxidation sites excluding steroid dienone is 2. The molecule has 5 aliphatic rings. The molecule has 4 aliphatic carbocycles. The van der Waals surface area contributed by atoms with Crippen molar-refractivity contribution in [2.45, 2.75) is 6.42 Å². The minimum absolute atomic E-state index is 0.0851. The number of hydrogen-bond acceptors (Lipinski definition) is 3. The van der Waals surface area contributed by atoms with Gasteiger partial charge in [0.2, 0.25) is 11.8 Å². The van der Waals surface area contributed by atoms with E-state index in [-0.39, 0.29) is 41.0 Å². The highest BCUT2D eigenvalue weighted by Crippen LogP contribution is 2.65. The Kier molecular flexibility index (Phi) is 2.33. The van der Waals surface area contributed by atoms with Crippen LogP contribution in [0.5, 0.6) is 0 Å². The molecular weight excluding hydrogens is 294 g/mol. The van der Waals surface area contributed by atoms with Crippen molar-refractivity contribution in [3.8, 4) is 0 Å². The number of rotatable bonds is 2. The largest absolute Gasteiger partial charge is 0.478 e. The van der Waals surface area contributed by atoms with Crippen LogP contribution >= 0.6 is 0 Å². The van der Waals surface area contributed by atoms with Gasteiger partial charge in [0.1, 0.15) is 0 Å². The maximum Gasteiger partial charge on any atom is 0.335 e. The van der Waals surface area contributed by atoms with Crippen LogP contribution in [0, 0.1) is 35.5 Å². The van der Waals surface area contributed by atoms with Crippen LogP contribution in [0.3, 0.4) is 0 Å². The Morgan fingerprint density at radius 2 is 1.65 bits per heavy atom. The fourth-order valence-electron chi connectivity index (χ4n) is 4.99. The molecule has 3 fully saturated rings. The number of carboxylic acids is 1. The topological polar surface area (TPSA) is 74.7 Å². The van der Waals surface area contributed by atoms with E-state index in [2.05, 4.69) is 12.2 Å². The third kappa shape index (κ3) is 1.54. The Morgan fingerprint density at radius 1 is 1.04 bits per heavy atom. The quantitative estimate of drug-likeness (QED) is 0.669. The van der Waals surface area contributed by atoms with Crippen LogP contribution in [-0.2, 0) is 9.59 Å². The average Bonchev–Trinajstić information content (AvgIpc) is 3.32. The summed E-state index contributed by atoms with van der Waals surface area (Å²) in [4.78, 5) is 38.2. The molecule has 2 saturated carbocycles. The molecule has 1 heterocycles. The lowest BCUT2D eigenvalue weighted by Gasteiger charge is -2.37. The van der Waals surface area contributed by atoms with Crippen LogP contribution in [0.1, 0.15) is 16.8 Å². The van der Waals surface area contributed by atoms with Gasteiger partial charge in [-0.25, -0.2) is 9.69 Å². The lowest BCUT2D eigenvalue weighted by Crippen LogP contribution is -2.40. The summed E-state index contributed by atoms with van der Waals surface area (Å²) < 4.78 is 0. The highest BCUT2D eigenvalue weighted by molar-refractivity contribution is 6.22. The van der Waals surface area contributed by atoms with Gasteiger partial charge in [-0.3, -0.25) is 9.59 Å². The van der Waals surface area contributed by atoms with Crippen molar-refractivity contribution in [3.63, 3.8) is 0 Å². The van der Waals surface area contributed by atoms with Crippen molar-refractivity contribution < 1.29 is 19.5 Å². The summed E-state index contributed by atoms with van der Waals surface area (Å²) in [6.45, 7) is 0. The van der Waals surface area contributed by atoms with E-state index < -0.39 is 5.97 Å². The number of carbonyl (C=O) groups excluding carboxylic acids is 2. The van der Waals surface area contributed by atoms with Gasteiger partial charge in [0, 0.05) is 0 Å². The number of nitrogens with zero attached hydrogens (tertiary/aromatic N) is 1. The molecule has 23 heavy (non-hydrogen) atoms. The molecule has 0 spiro atoms. The molecule has 1 saturated heterocycles. The standard InChI is InChI=1S/C18H15NO4/c20-16-14-10-4-5-11(13-7-12(10)13)15(14)17(21)19(16)9-3-1-2-8(6-9)18(22)23/h1-6,10-15H,7H2,(H,22,23)/t10-,11-,12-,13+,14+,15+/m0/s1. The van der Waals surface area contributed by atoms with Gasteiger partial charge in [-0.15, -0.1) is 0 Å². The van der Waals surface area contributed by atoms with Crippen molar-refractivity contribution in [2.24, 2.45) is 35.5 Å². The monoisotopic (exact) mass is 309 g/mol. The molecule has 2 bridgehead atoms. The lowest BCUT2D eigenvalue weighted by atomic mass is 9.63. The third-order valence-corrected chi connectivity index (χ3v) is 6.01. The molecule has 6 rings (SSSR count). The fourth-order valence-corrected chi connectivity index (χ4v) is 4.99. The van der Waals surface area contributed by atoms with Gasteiger partial charge in [-0.05, 0) is 48.3 Å². The molecule has 5 nitrogen and oxygen atoms in total. The zero-order chi connectivity index (χ0) is 15.9. The normalized spacial score (nSPS) is 39.4. The van der Waals surface area contributed by atoms with Crippen molar-refractivity contribution in [1.82, 2.24) is 0 Å². The number of benzene rings is 1. The summed E-state index contributed by atoms with van der Waals surface area (Å²) in [5, 5.41) is 9.13. The van der Waals surface area contributed by atoms with Gasteiger partial charge in [-0.2, -0.15) is 0 Å². The Hall–Kier alpha value is -2.43. The van der Waals surface area contributed by atoms with Crippen LogP contribution in [0.2, 0.25) is 0 Å². The van der Waals surface area contributed by atoms with Gasteiger partial charge in [0.25, 0.3) is 0 Å². The van der Waals surface area contributed by atoms with E-state index >= 15 is 0 Å². The van der Waals surface area contributed by atoms with E-state index in [9.17, 15) is 14.4 Å². The van der Waals surface area contributed by atoms with Gasteiger partial charge >= 0.3 is 5.97 Å². The maximum atomic E-state index is 12.9. The number of hydrogen-bond donors (Lipinski definition) is 1. The van der Waals surface area contributed by atoms with E-state index in [1.54, 1.807) is 12.1 Å². The minimum Gasteiger partial charge on any atom is -0.478 e. The molecule has 5 heteroatoms. The lowest BCUT2D eigenvalue weighted by molar-refractivity contribution is -0.124. The van der Waals surface area contributed by atoms with E-state index in [0.29, 0.717) is 17.5 Å². The van der Waals surface area contributed by atoms with Crippen molar-refractivity contribution in [1.29, 1.82) is 0 Å². The van der Waals surface area contributed by atoms with E-state index in [4.69, 9.17) is 5.11 Å². The average molecular weight is 309 g/mol. The van der Waals surface area contributed by atoms with Crippen molar-refractivity contribution in [2.75, 3.05) is 4.90 Å². The third-order valence-electron chi connectivity index (χ3n) is 6.01. The summed E-state index contributed by atoms with van der Waals surface area (Å²) in [6.07, 6.45) is 5.38. The first kappa shape index (κ1) is 13.0. The summed E-state index contributed by atoms with van der Waals surface area (Å²) in [6, 6.07) is 6.08. The molecule has 0 aromatic heterocycles. The van der Waals surface area contributed by atoms with Gasteiger partial charge in [0.15, 0.2) is 0 Å². The number of anilines is 1. The van der Waals surface area contributed by atoms with E-state index in [1.165, 1.54) is 17.0 Å². The second-order valence-corrected chi connectivity index (χ2v) is 7.02. The minimum atomic E-state index is -1.06. The predicted octanol–water partition coefficient (Wildman–Crippen LogP) is 1.94. The number of carbonyl (C=O) groups is 3. The Bertz CT molecular complexity index is 762. The van der Waals surface area contributed by atoms with Crippen LogP contribution in [0.25, 0.3) is 0 Å². The first-order valence-corrected chi connectivity index (χ1v) is 7.97. The molecule has 1 N–H and O–H groups in total. The highest BCUT2D eigenvalue weighted by atomic mass is 16.4. The summed E-state index contributed by atoms with van der Waals surface area (Å²) in [5.41, 5.74) is 0.462. The number of carboxylic acid groups (broad SMARTS) is 1. The van der Waals surface area contributed by atoms with Gasteiger partial charge in [0.05, 0.1) is 23.1 Å². The molecule has 2 amide bonds. The van der Waals surface area contributed by atoms with E-state index in [1.807, 2.05) is 0 Å². The predicted molar refractivity (Wildman–Crippen MR) is 80.6 cm³/mol. The second-order valence-electron chi connectivity index (χ2n) is 7.02. The molecule has 1 aromatic carbocycles. The smallest absolute Gasteiger partial charge is 0.335 e. The Morgan fingerprint density at radius 3 is 2.22 bits per heavy atom. The number of imide groups is 1. The Balaban J connectivity index is 1.57. The summed E-state index contributed by atoms with van der Waals surface area (Å²) in [5.74, 6) is -0.407. The summed E-state index contributed by atoms with van der Waals surface area (Å²) >= 11 is 0. The fraction of sp³-hybridized carbons (Fsp3) is 0.389. The molecular formula is C18H15NO4. The molecule has 1 aromatic rings. The van der Waals surface area contributed by atoms with Crippen molar-refractivity contribution in [3.05, 3.63) is 42.0 Å². The van der Waals surface area contributed by atoms with Gasteiger partial charge in [-0.1, -0.05) is 18.2 Å². The van der Waals surface area contributed by atoms with Gasteiger partial charge < -0.3 is 5.11 Å². The SMILES string of the molecule is O=C(O)c1cccc(N2C(=O)[C@@H]3[C@H]4C=C[C@@H]([C@@H]5C[C@H]45)[C@H]3C2=O)c1. The first-order valence-electron chi connectivity index (χ1n) is 7.97. The zero-order valence-corrected chi connectivity index (χ0v) is 12.3. The second kappa shape index (κ2) is 4.10. The van der Waals surface area contributed by atoms with Crippen LogP contribution in [0.15, 0.2) is 36.4 Å². The first-order chi connectivity index (χ1) is 11.1. The molecule has 6 atom stereocenters. The van der Waals surface area contributed by atoms with Crippen LogP contribution < -0.4 is 4.90 Å². The number of amides is 2. The van der Waals surface area contributed by atoms with Crippen LogP contribution in [-0.4, -0.2) is 22.9 Å². The molecule has 1 aliphatic heterocycles. The summed E-state index contributed by atoms with van der Waals surface area (Å²) in [7, 11) is 0. The molecule has 0 radical (unpaired) electrons. The Labute approximate surface area is 132 Å². The number of aromatic carboxylic acids is 1. The molecule has 116 valence electrons.